The zero-order chi connectivity index (χ0) is 13.8. The van der Waals surface area contributed by atoms with E-state index in [1.807, 2.05) is 7.05 Å². The van der Waals surface area contributed by atoms with Crippen LogP contribution < -0.4 is 10.5 Å². The van der Waals surface area contributed by atoms with E-state index in [0.29, 0.717) is 16.8 Å². The van der Waals surface area contributed by atoms with E-state index in [-0.39, 0.29) is 12.5 Å². The third-order valence-electron chi connectivity index (χ3n) is 3.52. The van der Waals surface area contributed by atoms with Crippen molar-refractivity contribution in [3.05, 3.63) is 29.8 Å². The summed E-state index contributed by atoms with van der Waals surface area (Å²) in [4.78, 5) is 14.0. The summed E-state index contributed by atoms with van der Waals surface area (Å²) in [7, 11) is 1.84. The molecule has 0 atom stereocenters. The average Bonchev–Trinajstić information content (AvgIpc) is 2.34. The predicted octanol–water partition coefficient (Wildman–Crippen LogP) is 1.71. The first kappa shape index (κ1) is 13.8. The monoisotopic (exact) mass is 278 g/mol. The molecule has 0 radical (unpaired) electrons. The van der Waals surface area contributed by atoms with E-state index in [2.05, 4.69) is 0 Å². The summed E-state index contributed by atoms with van der Waals surface area (Å²) in [5.74, 6) is 0.665. The Morgan fingerprint density at radius 3 is 2.53 bits per heavy atom. The lowest BCUT2D eigenvalue weighted by atomic mass is 9.92. The minimum Gasteiger partial charge on any atom is -0.484 e. The van der Waals surface area contributed by atoms with Gasteiger partial charge < -0.3 is 15.4 Å². The molecule has 0 unspecified atom stereocenters. The number of amides is 1. The SMILES string of the molecule is CN(C(=O)COc1ccc(C(N)=S)cc1)C1CCC1. The highest BCUT2D eigenvalue weighted by atomic mass is 32.1. The smallest absolute Gasteiger partial charge is 0.260 e. The van der Waals surface area contributed by atoms with Crippen LogP contribution in [0.2, 0.25) is 0 Å². The van der Waals surface area contributed by atoms with E-state index < -0.39 is 0 Å². The van der Waals surface area contributed by atoms with E-state index >= 15 is 0 Å². The molecule has 1 aromatic rings. The number of thiocarbonyl (C=S) groups is 1. The number of benzene rings is 1. The molecule has 1 fully saturated rings. The number of nitrogens with two attached hydrogens (primary N) is 1. The van der Waals surface area contributed by atoms with Gasteiger partial charge in [0.25, 0.3) is 5.91 Å². The van der Waals surface area contributed by atoms with E-state index in [9.17, 15) is 4.79 Å². The minimum absolute atomic E-state index is 0.0168. The number of hydrogen-bond acceptors (Lipinski definition) is 3. The highest BCUT2D eigenvalue weighted by Crippen LogP contribution is 2.23. The Bertz CT molecular complexity index is 469. The van der Waals surface area contributed by atoms with Gasteiger partial charge >= 0.3 is 0 Å². The number of rotatable bonds is 5. The van der Waals surface area contributed by atoms with Crippen molar-refractivity contribution in [1.29, 1.82) is 0 Å². The van der Waals surface area contributed by atoms with Crippen LogP contribution in [0.15, 0.2) is 24.3 Å². The summed E-state index contributed by atoms with van der Waals surface area (Å²) in [6.45, 7) is 0.0689. The molecule has 1 aliphatic carbocycles. The topological polar surface area (TPSA) is 55.6 Å². The van der Waals surface area contributed by atoms with Crippen LogP contribution in [0.25, 0.3) is 0 Å². The van der Waals surface area contributed by atoms with Crippen molar-refractivity contribution in [2.24, 2.45) is 5.73 Å². The summed E-state index contributed by atoms with van der Waals surface area (Å²) >= 11 is 4.87. The maximum Gasteiger partial charge on any atom is 0.260 e. The van der Waals surface area contributed by atoms with Crippen molar-refractivity contribution in [2.75, 3.05) is 13.7 Å². The summed E-state index contributed by atoms with van der Waals surface area (Å²) in [6.07, 6.45) is 3.42. The molecular formula is C14H18N2O2S. The molecule has 102 valence electrons. The second-order valence-corrected chi connectivity index (χ2v) is 5.21. The average molecular weight is 278 g/mol. The Morgan fingerprint density at radius 2 is 2.05 bits per heavy atom. The maximum atomic E-state index is 11.9. The highest BCUT2D eigenvalue weighted by molar-refractivity contribution is 7.80. The number of carbonyl (C=O) groups excluding carboxylic acids is 1. The Hall–Kier alpha value is -1.62. The van der Waals surface area contributed by atoms with Crippen molar-refractivity contribution in [3.8, 4) is 5.75 Å². The zero-order valence-corrected chi connectivity index (χ0v) is 11.8. The van der Waals surface area contributed by atoms with Gasteiger partial charge in [0, 0.05) is 18.7 Å². The minimum atomic E-state index is 0.0168. The molecule has 0 saturated heterocycles. The normalized spacial score (nSPS) is 14.6. The molecule has 2 N–H and O–H groups in total. The van der Waals surface area contributed by atoms with Crippen LogP contribution in [-0.4, -0.2) is 35.5 Å². The van der Waals surface area contributed by atoms with Gasteiger partial charge in [-0.3, -0.25) is 4.79 Å². The van der Waals surface area contributed by atoms with E-state index in [1.165, 1.54) is 6.42 Å². The zero-order valence-electron chi connectivity index (χ0n) is 11.0. The fraction of sp³-hybridized carbons (Fsp3) is 0.429. The number of carbonyl (C=O) groups is 1. The van der Waals surface area contributed by atoms with E-state index in [4.69, 9.17) is 22.7 Å². The van der Waals surface area contributed by atoms with Crippen LogP contribution in [0.3, 0.4) is 0 Å². The fourth-order valence-corrected chi connectivity index (χ4v) is 2.08. The summed E-state index contributed by atoms with van der Waals surface area (Å²) < 4.78 is 5.47. The molecule has 0 bridgehead atoms. The van der Waals surface area contributed by atoms with Crippen molar-refractivity contribution in [2.45, 2.75) is 25.3 Å². The number of hydrogen-bond donors (Lipinski definition) is 1. The molecule has 0 spiro atoms. The summed E-state index contributed by atoms with van der Waals surface area (Å²) in [5, 5.41) is 0. The molecule has 0 aromatic heterocycles. The quantitative estimate of drug-likeness (QED) is 0.833. The molecule has 19 heavy (non-hydrogen) atoms. The molecule has 0 aliphatic heterocycles. The predicted molar refractivity (Wildman–Crippen MR) is 78.2 cm³/mol. The first-order valence-corrected chi connectivity index (χ1v) is 6.77. The van der Waals surface area contributed by atoms with Crippen LogP contribution in [0.4, 0.5) is 0 Å². The van der Waals surface area contributed by atoms with Crippen LogP contribution >= 0.6 is 12.2 Å². The van der Waals surface area contributed by atoms with Gasteiger partial charge in [-0.05, 0) is 43.5 Å². The number of ether oxygens (including phenoxy) is 1. The second-order valence-electron chi connectivity index (χ2n) is 4.77. The first-order valence-electron chi connectivity index (χ1n) is 6.36. The van der Waals surface area contributed by atoms with Crippen LogP contribution in [-0.2, 0) is 4.79 Å². The fourth-order valence-electron chi connectivity index (χ4n) is 1.94. The largest absolute Gasteiger partial charge is 0.484 e. The lowest BCUT2D eigenvalue weighted by molar-refractivity contribution is -0.135. The molecular weight excluding hydrogens is 260 g/mol. The Balaban J connectivity index is 1.84. The van der Waals surface area contributed by atoms with Gasteiger partial charge in [0.1, 0.15) is 10.7 Å². The Kier molecular flexibility index (Phi) is 4.37. The van der Waals surface area contributed by atoms with Gasteiger partial charge in [-0.25, -0.2) is 0 Å². The maximum absolute atomic E-state index is 11.9. The lowest BCUT2D eigenvalue weighted by Crippen LogP contribution is -2.43. The van der Waals surface area contributed by atoms with Gasteiger partial charge in [0.15, 0.2) is 6.61 Å². The third kappa shape index (κ3) is 3.44. The molecule has 4 nitrogen and oxygen atoms in total. The second kappa shape index (κ2) is 6.02. The standard InChI is InChI=1S/C14H18N2O2S/c1-16(11-3-2-4-11)13(17)9-18-12-7-5-10(6-8-12)14(15)19/h5-8,11H,2-4,9H2,1H3,(H2,15,19). The van der Waals surface area contributed by atoms with E-state index in [1.54, 1.807) is 29.2 Å². The van der Waals surface area contributed by atoms with Gasteiger partial charge in [-0.15, -0.1) is 0 Å². The molecule has 1 aliphatic rings. The van der Waals surface area contributed by atoms with Gasteiger partial charge in [-0.2, -0.15) is 0 Å². The number of nitrogens with zero attached hydrogens (tertiary/aromatic N) is 1. The van der Waals surface area contributed by atoms with Crippen molar-refractivity contribution in [1.82, 2.24) is 4.90 Å². The first-order chi connectivity index (χ1) is 9.08. The third-order valence-corrected chi connectivity index (χ3v) is 3.75. The summed E-state index contributed by atoms with van der Waals surface area (Å²) in [5.41, 5.74) is 6.30. The van der Waals surface area contributed by atoms with Gasteiger partial charge in [0.2, 0.25) is 0 Å². The Morgan fingerprint density at radius 1 is 1.42 bits per heavy atom. The number of likely N-dealkylation sites (N-methyl/N-ethyl adjacent to an activating group) is 1. The molecule has 5 heteroatoms. The lowest BCUT2D eigenvalue weighted by Gasteiger charge is -2.34. The molecule has 0 heterocycles. The van der Waals surface area contributed by atoms with Crippen LogP contribution in [0.1, 0.15) is 24.8 Å². The van der Waals surface area contributed by atoms with Crippen molar-refractivity contribution < 1.29 is 9.53 Å². The van der Waals surface area contributed by atoms with Crippen molar-refractivity contribution in [3.63, 3.8) is 0 Å². The van der Waals surface area contributed by atoms with Gasteiger partial charge in [-0.1, -0.05) is 12.2 Å². The molecule has 1 saturated carbocycles. The van der Waals surface area contributed by atoms with Crippen LogP contribution in [0.5, 0.6) is 5.75 Å². The Labute approximate surface area is 118 Å². The highest BCUT2D eigenvalue weighted by Gasteiger charge is 2.25. The van der Waals surface area contributed by atoms with Crippen molar-refractivity contribution >= 4 is 23.1 Å². The van der Waals surface area contributed by atoms with Gasteiger partial charge in [0.05, 0.1) is 0 Å². The molecule has 2 rings (SSSR count). The van der Waals surface area contributed by atoms with Crippen LogP contribution in [0, 0.1) is 0 Å². The molecule has 1 aromatic carbocycles. The molecule has 1 amide bonds. The van der Waals surface area contributed by atoms with E-state index in [0.717, 1.165) is 18.4 Å². The summed E-state index contributed by atoms with van der Waals surface area (Å²) in [6, 6.07) is 7.51.